The number of nitrogens with one attached hydrogen (secondary N) is 1. The van der Waals surface area contributed by atoms with Gasteiger partial charge < -0.3 is 5.32 Å². The average Bonchev–Trinajstić information content (AvgIpc) is 2.54. The third kappa shape index (κ3) is 3.50. The van der Waals surface area contributed by atoms with Gasteiger partial charge in [0.05, 0.1) is 10.4 Å². The van der Waals surface area contributed by atoms with E-state index in [1.54, 1.807) is 11.3 Å². The fraction of sp³-hybridized carbons (Fsp3) is 0.556. The fourth-order valence-corrected chi connectivity index (χ4v) is 3.15. The second-order valence-corrected chi connectivity index (χ2v) is 5.71. The minimum Gasteiger partial charge on any atom is -0.312 e. The molecule has 0 radical (unpaired) electrons. The van der Waals surface area contributed by atoms with Crippen molar-refractivity contribution in [2.24, 2.45) is 0 Å². The van der Waals surface area contributed by atoms with Gasteiger partial charge in [-0.3, -0.25) is 0 Å². The molecule has 0 amide bonds. The molecule has 0 saturated heterocycles. The van der Waals surface area contributed by atoms with Gasteiger partial charge >= 0.3 is 0 Å². The quantitative estimate of drug-likeness (QED) is 0.840. The standard InChI is InChI=1S/C9H14ClNS2/c1-3-12-6-7(11-2)8-4-5-9(10)13-8/h4-5,7,11H,3,6H2,1-2H3. The summed E-state index contributed by atoms with van der Waals surface area (Å²) in [5, 5.41) is 3.30. The van der Waals surface area contributed by atoms with Crippen LogP contribution in [-0.4, -0.2) is 18.6 Å². The van der Waals surface area contributed by atoms with Crippen LogP contribution in [0.5, 0.6) is 0 Å². The molecule has 0 fully saturated rings. The van der Waals surface area contributed by atoms with E-state index in [2.05, 4.69) is 18.3 Å². The minimum absolute atomic E-state index is 0.447. The highest BCUT2D eigenvalue weighted by Gasteiger charge is 2.10. The molecule has 0 saturated carbocycles. The molecular weight excluding hydrogens is 222 g/mol. The van der Waals surface area contributed by atoms with Crippen molar-refractivity contribution in [3.05, 3.63) is 21.3 Å². The third-order valence-electron chi connectivity index (χ3n) is 1.77. The normalized spacial score (nSPS) is 13.2. The summed E-state index contributed by atoms with van der Waals surface area (Å²) in [4.78, 5) is 1.33. The monoisotopic (exact) mass is 235 g/mol. The molecule has 1 N–H and O–H groups in total. The molecule has 0 aliphatic rings. The number of hydrogen-bond acceptors (Lipinski definition) is 3. The molecule has 1 heterocycles. The smallest absolute Gasteiger partial charge is 0.0931 e. The lowest BCUT2D eigenvalue weighted by Crippen LogP contribution is -2.17. The van der Waals surface area contributed by atoms with E-state index in [4.69, 9.17) is 11.6 Å². The Labute approximate surface area is 92.9 Å². The highest BCUT2D eigenvalue weighted by molar-refractivity contribution is 7.99. The van der Waals surface area contributed by atoms with Gasteiger partial charge in [0.1, 0.15) is 0 Å². The lowest BCUT2D eigenvalue weighted by molar-refractivity contribution is 0.674. The zero-order chi connectivity index (χ0) is 9.68. The Morgan fingerprint density at radius 3 is 2.85 bits per heavy atom. The molecule has 1 nitrogen and oxygen atoms in total. The Hall–Kier alpha value is 0.300. The summed E-state index contributed by atoms with van der Waals surface area (Å²) < 4.78 is 0.872. The molecule has 1 aromatic heterocycles. The summed E-state index contributed by atoms with van der Waals surface area (Å²) in [5.74, 6) is 2.28. The van der Waals surface area contributed by atoms with Crippen LogP contribution in [0.2, 0.25) is 4.34 Å². The van der Waals surface area contributed by atoms with Crippen molar-refractivity contribution in [1.29, 1.82) is 0 Å². The highest BCUT2D eigenvalue weighted by atomic mass is 35.5. The molecule has 1 unspecified atom stereocenters. The predicted molar refractivity (Wildman–Crippen MR) is 64.1 cm³/mol. The number of rotatable bonds is 5. The molecule has 1 rings (SSSR count). The molecule has 0 aliphatic carbocycles. The summed E-state index contributed by atoms with van der Waals surface area (Å²) >= 11 is 9.49. The van der Waals surface area contributed by atoms with Crippen LogP contribution in [0.4, 0.5) is 0 Å². The first-order valence-corrected chi connectivity index (χ1v) is 6.63. The van der Waals surface area contributed by atoms with E-state index in [0.717, 1.165) is 15.8 Å². The first kappa shape index (κ1) is 11.4. The van der Waals surface area contributed by atoms with Crippen molar-refractivity contribution >= 4 is 34.7 Å². The summed E-state index contributed by atoms with van der Waals surface area (Å²) in [6.45, 7) is 2.18. The van der Waals surface area contributed by atoms with E-state index in [1.807, 2.05) is 24.9 Å². The van der Waals surface area contributed by atoms with Crippen LogP contribution in [0.3, 0.4) is 0 Å². The zero-order valence-electron chi connectivity index (χ0n) is 7.84. The van der Waals surface area contributed by atoms with Gasteiger partial charge in [-0.25, -0.2) is 0 Å². The number of thiophene rings is 1. The Morgan fingerprint density at radius 2 is 2.38 bits per heavy atom. The van der Waals surface area contributed by atoms with E-state index in [0.29, 0.717) is 6.04 Å². The molecule has 1 atom stereocenters. The van der Waals surface area contributed by atoms with Crippen LogP contribution < -0.4 is 5.32 Å². The number of hydrogen-bond donors (Lipinski definition) is 1. The lowest BCUT2D eigenvalue weighted by atomic mass is 10.3. The molecule has 0 bridgehead atoms. The van der Waals surface area contributed by atoms with Crippen LogP contribution in [0, 0.1) is 0 Å². The molecule has 4 heteroatoms. The Balaban J connectivity index is 2.56. The largest absolute Gasteiger partial charge is 0.312 e. The molecule has 1 aromatic rings. The third-order valence-corrected chi connectivity index (χ3v) is 4.10. The van der Waals surface area contributed by atoms with Gasteiger partial charge in [0.2, 0.25) is 0 Å². The maximum absolute atomic E-state index is 5.88. The summed E-state index contributed by atoms with van der Waals surface area (Å²) in [5.41, 5.74) is 0. The molecule has 0 aliphatic heterocycles. The SMILES string of the molecule is CCSCC(NC)c1ccc(Cl)s1. The van der Waals surface area contributed by atoms with Crippen molar-refractivity contribution in [2.75, 3.05) is 18.6 Å². The van der Waals surface area contributed by atoms with Crippen molar-refractivity contribution in [1.82, 2.24) is 5.32 Å². The summed E-state index contributed by atoms with van der Waals surface area (Å²) in [6.07, 6.45) is 0. The van der Waals surface area contributed by atoms with Gasteiger partial charge in [-0.2, -0.15) is 11.8 Å². The van der Waals surface area contributed by atoms with Gasteiger partial charge in [-0.15, -0.1) is 11.3 Å². The maximum Gasteiger partial charge on any atom is 0.0931 e. The van der Waals surface area contributed by atoms with Crippen molar-refractivity contribution in [3.63, 3.8) is 0 Å². The molecule has 74 valence electrons. The van der Waals surface area contributed by atoms with Gasteiger partial charge in [0, 0.05) is 10.6 Å². The Kier molecular flexibility index (Phi) is 5.17. The number of halogens is 1. The van der Waals surface area contributed by atoms with Crippen LogP contribution in [0.25, 0.3) is 0 Å². The van der Waals surface area contributed by atoms with Gasteiger partial charge in [-0.05, 0) is 24.9 Å². The molecule has 0 spiro atoms. The minimum atomic E-state index is 0.447. The molecule has 13 heavy (non-hydrogen) atoms. The van der Waals surface area contributed by atoms with Crippen molar-refractivity contribution in [3.8, 4) is 0 Å². The van der Waals surface area contributed by atoms with Gasteiger partial charge in [0.15, 0.2) is 0 Å². The first-order chi connectivity index (χ1) is 6.27. The molecule has 0 aromatic carbocycles. The Bertz CT molecular complexity index is 250. The summed E-state index contributed by atoms with van der Waals surface area (Å²) in [7, 11) is 1.99. The number of thioether (sulfide) groups is 1. The fourth-order valence-electron chi connectivity index (χ4n) is 1.06. The van der Waals surface area contributed by atoms with E-state index in [-0.39, 0.29) is 0 Å². The van der Waals surface area contributed by atoms with Crippen LogP contribution in [-0.2, 0) is 0 Å². The van der Waals surface area contributed by atoms with Gasteiger partial charge in [0.25, 0.3) is 0 Å². The zero-order valence-corrected chi connectivity index (χ0v) is 10.2. The van der Waals surface area contributed by atoms with E-state index >= 15 is 0 Å². The molecular formula is C9H14ClNS2. The van der Waals surface area contributed by atoms with Crippen molar-refractivity contribution < 1.29 is 0 Å². The maximum atomic E-state index is 5.88. The van der Waals surface area contributed by atoms with Crippen LogP contribution in [0.1, 0.15) is 17.8 Å². The second-order valence-electron chi connectivity index (χ2n) is 2.64. The van der Waals surface area contributed by atoms with E-state index in [1.165, 1.54) is 4.88 Å². The van der Waals surface area contributed by atoms with E-state index in [9.17, 15) is 0 Å². The second kappa shape index (κ2) is 5.91. The highest BCUT2D eigenvalue weighted by Crippen LogP contribution is 2.28. The lowest BCUT2D eigenvalue weighted by Gasteiger charge is -2.12. The van der Waals surface area contributed by atoms with Crippen LogP contribution >= 0.6 is 34.7 Å². The van der Waals surface area contributed by atoms with E-state index < -0.39 is 0 Å². The Morgan fingerprint density at radius 1 is 1.62 bits per heavy atom. The average molecular weight is 236 g/mol. The van der Waals surface area contributed by atoms with Crippen molar-refractivity contribution in [2.45, 2.75) is 13.0 Å². The van der Waals surface area contributed by atoms with Crippen LogP contribution in [0.15, 0.2) is 12.1 Å². The summed E-state index contributed by atoms with van der Waals surface area (Å²) in [6, 6.07) is 4.51. The van der Waals surface area contributed by atoms with Gasteiger partial charge in [-0.1, -0.05) is 18.5 Å². The predicted octanol–water partition coefficient (Wildman–Crippen LogP) is 3.42. The topological polar surface area (TPSA) is 12.0 Å². The first-order valence-electron chi connectivity index (χ1n) is 4.28.